The quantitative estimate of drug-likeness (QED) is 0.509. The summed E-state index contributed by atoms with van der Waals surface area (Å²) in [5, 5.41) is 6.27. The highest BCUT2D eigenvalue weighted by Crippen LogP contribution is 2.37. The van der Waals surface area contributed by atoms with Crippen LogP contribution in [0.25, 0.3) is 0 Å². The fraction of sp³-hybridized carbons (Fsp3) is 0.350. The van der Waals surface area contributed by atoms with Gasteiger partial charge < -0.3 is 21.1 Å². The van der Waals surface area contributed by atoms with Crippen LogP contribution in [-0.2, 0) is 22.4 Å². The Morgan fingerprint density at radius 3 is 2.64 bits per heavy atom. The van der Waals surface area contributed by atoms with Crippen molar-refractivity contribution in [2.75, 3.05) is 24.3 Å². The van der Waals surface area contributed by atoms with Gasteiger partial charge in [-0.1, -0.05) is 18.6 Å². The predicted octanol–water partition coefficient (Wildman–Crippen LogP) is 2.95. The van der Waals surface area contributed by atoms with Gasteiger partial charge in [0.2, 0.25) is 5.91 Å². The van der Waals surface area contributed by atoms with Crippen molar-refractivity contribution in [3.63, 3.8) is 0 Å². The number of fused-ring (bicyclic) bond motifs is 1. The van der Waals surface area contributed by atoms with Gasteiger partial charge in [-0.3, -0.25) is 9.59 Å². The van der Waals surface area contributed by atoms with Gasteiger partial charge in [0.05, 0.1) is 24.8 Å². The molecule has 0 aliphatic heterocycles. The average molecular weight is 401 g/mol. The summed E-state index contributed by atoms with van der Waals surface area (Å²) in [6.07, 6.45) is 4.95. The summed E-state index contributed by atoms with van der Waals surface area (Å²) in [6, 6.07) is 6.72. The van der Waals surface area contributed by atoms with E-state index in [4.69, 9.17) is 10.5 Å². The summed E-state index contributed by atoms with van der Waals surface area (Å²) in [6.45, 7) is -0.0620. The molecule has 0 atom stereocenters. The van der Waals surface area contributed by atoms with Crippen molar-refractivity contribution in [3.05, 3.63) is 45.8 Å². The zero-order chi connectivity index (χ0) is 20.1. The molecule has 8 heteroatoms. The molecule has 28 heavy (non-hydrogen) atoms. The van der Waals surface area contributed by atoms with Gasteiger partial charge in [0.1, 0.15) is 5.00 Å². The first-order chi connectivity index (χ1) is 13.5. The van der Waals surface area contributed by atoms with Gasteiger partial charge >= 0.3 is 5.97 Å². The minimum Gasteiger partial charge on any atom is -0.465 e. The largest absolute Gasteiger partial charge is 0.465 e. The highest BCUT2D eigenvalue weighted by Gasteiger charge is 2.26. The summed E-state index contributed by atoms with van der Waals surface area (Å²) in [7, 11) is 1.34. The molecule has 1 heterocycles. The lowest BCUT2D eigenvalue weighted by Gasteiger charge is -2.11. The molecule has 0 fully saturated rings. The van der Waals surface area contributed by atoms with Crippen LogP contribution in [0.1, 0.15) is 50.4 Å². The highest BCUT2D eigenvalue weighted by atomic mass is 32.1. The maximum Gasteiger partial charge on any atom is 0.341 e. The topological polar surface area (TPSA) is 111 Å². The average Bonchev–Trinajstić information content (AvgIpc) is 2.86. The molecule has 1 aliphatic carbocycles. The van der Waals surface area contributed by atoms with E-state index in [-0.39, 0.29) is 12.5 Å². The number of ether oxygens (including phenoxy) is 1. The number of hydrogen-bond donors (Lipinski definition) is 3. The monoisotopic (exact) mass is 401 g/mol. The number of carbonyl (C=O) groups is 3. The van der Waals surface area contributed by atoms with Gasteiger partial charge in [0.15, 0.2) is 0 Å². The molecule has 0 unspecified atom stereocenters. The molecule has 2 aromatic rings. The summed E-state index contributed by atoms with van der Waals surface area (Å²) < 4.78 is 4.94. The van der Waals surface area contributed by atoms with Crippen molar-refractivity contribution >= 4 is 39.8 Å². The Labute approximate surface area is 167 Å². The second-order valence-electron chi connectivity index (χ2n) is 6.57. The third kappa shape index (κ3) is 4.33. The number of para-hydroxylation sites is 1. The van der Waals surface area contributed by atoms with Gasteiger partial charge in [0.25, 0.3) is 5.91 Å². The second-order valence-corrected chi connectivity index (χ2v) is 7.68. The zero-order valence-electron chi connectivity index (χ0n) is 15.7. The SMILES string of the molecule is COC(=O)c1c(NC(=O)CNc2ccccc2C(N)=O)sc2c1CCCCC2. The fourth-order valence-corrected chi connectivity index (χ4v) is 4.64. The second kappa shape index (κ2) is 8.88. The van der Waals surface area contributed by atoms with E-state index in [1.54, 1.807) is 24.3 Å². The lowest BCUT2D eigenvalue weighted by Crippen LogP contribution is -2.24. The number of hydrogen-bond acceptors (Lipinski definition) is 6. The molecular weight excluding hydrogens is 378 g/mol. The van der Waals surface area contributed by atoms with Crippen molar-refractivity contribution in [2.45, 2.75) is 32.1 Å². The van der Waals surface area contributed by atoms with Crippen LogP contribution in [-0.4, -0.2) is 31.4 Å². The van der Waals surface area contributed by atoms with Crippen LogP contribution >= 0.6 is 11.3 Å². The van der Waals surface area contributed by atoms with E-state index < -0.39 is 11.9 Å². The third-order valence-corrected chi connectivity index (χ3v) is 5.90. The first-order valence-corrected chi connectivity index (χ1v) is 9.98. The van der Waals surface area contributed by atoms with Crippen LogP contribution in [0.2, 0.25) is 0 Å². The van der Waals surface area contributed by atoms with Gasteiger partial charge in [0, 0.05) is 10.6 Å². The summed E-state index contributed by atoms with van der Waals surface area (Å²) in [5.41, 5.74) is 7.62. The third-order valence-electron chi connectivity index (χ3n) is 4.70. The lowest BCUT2D eigenvalue weighted by molar-refractivity contribution is -0.114. The molecule has 0 saturated heterocycles. The van der Waals surface area contributed by atoms with Gasteiger partial charge in [-0.25, -0.2) is 4.79 Å². The summed E-state index contributed by atoms with van der Waals surface area (Å²) >= 11 is 1.44. The van der Waals surface area contributed by atoms with Gasteiger partial charge in [-0.2, -0.15) is 0 Å². The van der Waals surface area contributed by atoms with E-state index >= 15 is 0 Å². The molecule has 0 radical (unpaired) electrons. The van der Waals surface area contributed by atoms with Crippen LogP contribution in [0.5, 0.6) is 0 Å². The standard InChI is InChI=1S/C20H23N3O4S/c1-27-20(26)17-13-8-3-2-4-10-15(13)28-19(17)23-16(24)11-22-14-9-6-5-7-12(14)18(21)25/h5-7,9,22H,2-4,8,10-11H2,1H3,(H2,21,25)(H,23,24). The van der Waals surface area contributed by atoms with Crippen molar-refractivity contribution in [2.24, 2.45) is 5.73 Å². The molecule has 1 aliphatic rings. The molecule has 1 aromatic carbocycles. The number of rotatable bonds is 6. The number of carbonyl (C=O) groups excluding carboxylic acids is 3. The number of amides is 2. The molecule has 1 aromatic heterocycles. The maximum absolute atomic E-state index is 12.5. The lowest BCUT2D eigenvalue weighted by atomic mass is 10.1. The minimum absolute atomic E-state index is 0.0620. The zero-order valence-corrected chi connectivity index (χ0v) is 16.5. The molecule has 0 spiro atoms. The first kappa shape index (κ1) is 19.9. The Morgan fingerprint density at radius 2 is 1.89 bits per heavy atom. The Kier molecular flexibility index (Phi) is 6.30. The molecule has 3 rings (SSSR count). The Morgan fingerprint density at radius 1 is 1.14 bits per heavy atom. The van der Waals surface area contributed by atoms with E-state index in [2.05, 4.69) is 10.6 Å². The number of methoxy groups -OCH3 is 1. The van der Waals surface area contributed by atoms with E-state index in [1.165, 1.54) is 18.4 Å². The number of benzene rings is 1. The highest BCUT2D eigenvalue weighted by molar-refractivity contribution is 7.17. The van der Waals surface area contributed by atoms with Crippen molar-refractivity contribution in [3.8, 4) is 0 Å². The predicted molar refractivity (Wildman–Crippen MR) is 109 cm³/mol. The molecule has 2 amide bonds. The normalized spacial score (nSPS) is 13.2. The minimum atomic E-state index is -0.571. The smallest absolute Gasteiger partial charge is 0.341 e. The van der Waals surface area contributed by atoms with Crippen LogP contribution in [0.15, 0.2) is 24.3 Å². The Hall–Kier alpha value is -2.87. The van der Waals surface area contributed by atoms with E-state index in [0.29, 0.717) is 21.8 Å². The summed E-state index contributed by atoms with van der Waals surface area (Å²) in [4.78, 5) is 37.4. The van der Waals surface area contributed by atoms with E-state index in [9.17, 15) is 14.4 Å². The van der Waals surface area contributed by atoms with Crippen molar-refractivity contribution < 1.29 is 19.1 Å². The molecule has 4 N–H and O–H groups in total. The van der Waals surface area contributed by atoms with Crippen molar-refractivity contribution in [1.29, 1.82) is 0 Å². The number of primary amides is 1. The van der Waals surface area contributed by atoms with Gasteiger partial charge in [-0.05, 0) is 43.4 Å². The van der Waals surface area contributed by atoms with Crippen LogP contribution in [0, 0.1) is 0 Å². The van der Waals surface area contributed by atoms with E-state index in [0.717, 1.165) is 42.5 Å². The van der Waals surface area contributed by atoms with Crippen LogP contribution in [0.4, 0.5) is 10.7 Å². The number of aryl methyl sites for hydroxylation is 1. The van der Waals surface area contributed by atoms with Crippen molar-refractivity contribution in [1.82, 2.24) is 0 Å². The van der Waals surface area contributed by atoms with Crippen LogP contribution in [0.3, 0.4) is 0 Å². The fourth-order valence-electron chi connectivity index (χ4n) is 3.35. The number of nitrogens with one attached hydrogen (secondary N) is 2. The molecule has 148 valence electrons. The number of thiophene rings is 1. The molecule has 0 bridgehead atoms. The number of esters is 1. The molecule has 0 saturated carbocycles. The summed E-state index contributed by atoms with van der Waals surface area (Å²) in [5.74, 6) is -1.32. The Bertz CT molecular complexity index is 907. The molecule has 7 nitrogen and oxygen atoms in total. The number of nitrogens with two attached hydrogens (primary N) is 1. The molecular formula is C20H23N3O4S. The van der Waals surface area contributed by atoms with Crippen LogP contribution < -0.4 is 16.4 Å². The maximum atomic E-state index is 12.5. The first-order valence-electron chi connectivity index (χ1n) is 9.16. The Balaban J connectivity index is 1.75. The van der Waals surface area contributed by atoms with E-state index in [1.807, 2.05) is 0 Å². The van der Waals surface area contributed by atoms with Gasteiger partial charge in [-0.15, -0.1) is 11.3 Å². The number of anilines is 2.